The molecule has 1 N–H and O–H groups in total. The Morgan fingerprint density at radius 2 is 1.86 bits per heavy atom. The van der Waals surface area contributed by atoms with E-state index in [1.54, 1.807) is 6.07 Å². The average Bonchev–Trinajstić information content (AvgIpc) is 2.93. The van der Waals surface area contributed by atoms with Gasteiger partial charge in [0.1, 0.15) is 11.4 Å². The molecule has 2 amide bonds. The summed E-state index contributed by atoms with van der Waals surface area (Å²) in [5.41, 5.74) is 3.03. The molecule has 0 radical (unpaired) electrons. The molecule has 6 nitrogen and oxygen atoms in total. The molecule has 0 atom stereocenters. The number of aromatic nitrogens is 1. The Morgan fingerprint density at radius 3 is 2.52 bits per heavy atom. The molecular formula is C23H29N3O3. The van der Waals surface area contributed by atoms with E-state index in [4.69, 9.17) is 4.74 Å². The number of nitrogens with zero attached hydrogens (tertiary/aromatic N) is 2. The van der Waals surface area contributed by atoms with E-state index in [9.17, 15) is 9.59 Å². The molecule has 6 heteroatoms. The second-order valence-electron chi connectivity index (χ2n) is 8.50. The predicted octanol–water partition coefficient (Wildman–Crippen LogP) is 3.48. The molecule has 29 heavy (non-hydrogen) atoms. The maximum absolute atomic E-state index is 13.2. The van der Waals surface area contributed by atoms with Gasteiger partial charge in [0.25, 0.3) is 11.8 Å². The Morgan fingerprint density at radius 1 is 1.17 bits per heavy atom. The first-order valence-corrected chi connectivity index (χ1v) is 10.4. The van der Waals surface area contributed by atoms with E-state index >= 15 is 0 Å². The maximum Gasteiger partial charge on any atom is 0.255 e. The molecule has 0 saturated carbocycles. The summed E-state index contributed by atoms with van der Waals surface area (Å²) in [4.78, 5) is 27.5. The summed E-state index contributed by atoms with van der Waals surface area (Å²) < 4.78 is 8.55. The lowest BCUT2D eigenvalue weighted by Gasteiger charge is -2.41. The number of carbonyl (C=O) groups is 2. The SMILES string of the molecule is Cc1cc(C(=O)N2CCC3(CC2)CNC(=O)c2ccccc2O3)c(C)n1C(C)C. The first-order chi connectivity index (χ1) is 13.8. The Bertz CT molecular complexity index is 952. The van der Waals surface area contributed by atoms with Crippen LogP contribution in [0.2, 0.25) is 0 Å². The van der Waals surface area contributed by atoms with Crippen LogP contribution in [-0.2, 0) is 0 Å². The summed E-state index contributed by atoms with van der Waals surface area (Å²) >= 11 is 0. The van der Waals surface area contributed by atoms with Crippen LogP contribution in [0.3, 0.4) is 0 Å². The minimum atomic E-state index is -0.464. The number of hydrogen-bond donors (Lipinski definition) is 1. The molecule has 1 saturated heterocycles. The molecule has 4 rings (SSSR count). The number of benzene rings is 1. The minimum absolute atomic E-state index is 0.0814. The fourth-order valence-corrected chi connectivity index (χ4v) is 4.70. The summed E-state index contributed by atoms with van der Waals surface area (Å²) in [5.74, 6) is 0.609. The maximum atomic E-state index is 13.2. The third-order valence-electron chi connectivity index (χ3n) is 6.22. The number of nitrogens with one attached hydrogen (secondary N) is 1. The lowest BCUT2D eigenvalue weighted by atomic mass is 9.90. The van der Waals surface area contributed by atoms with Gasteiger partial charge in [0.15, 0.2) is 0 Å². The number of aryl methyl sites for hydroxylation is 1. The molecule has 2 aliphatic heterocycles. The molecule has 1 fully saturated rings. The van der Waals surface area contributed by atoms with Crippen molar-refractivity contribution in [1.82, 2.24) is 14.8 Å². The van der Waals surface area contributed by atoms with Crippen LogP contribution in [0.1, 0.15) is 64.8 Å². The zero-order valence-electron chi connectivity index (χ0n) is 17.6. The summed E-state index contributed by atoms with van der Waals surface area (Å²) in [6, 6.07) is 9.68. The van der Waals surface area contributed by atoms with Gasteiger partial charge in [0.2, 0.25) is 0 Å². The molecule has 0 aliphatic carbocycles. The number of likely N-dealkylation sites (tertiary alicyclic amines) is 1. The topological polar surface area (TPSA) is 63.6 Å². The van der Waals surface area contributed by atoms with Crippen LogP contribution in [-0.4, -0.2) is 46.5 Å². The predicted molar refractivity (Wildman–Crippen MR) is 112 cm³/mol. The van der Waals surface area contributed by atoms with Crippen molar-refractivity contribution in [3.05, 3.63) is 52.8 Å². The lowest BCUT2D eigenvalue weighted by molar-refractivity contribution is 0.00769. The zero-order chi connectivity index (χ0) is 20.8. The quantitative estimate of drug-likeness (QED) is 0.847. The molecule has 0 bridgehead atoms. The molecule has 3 heterocycles. The number of hydrogen-bond acceptors (Lipinski definition) is 3. The van der Waals surface area contributed by atoms with Gasteiger partial charge in [0.05, 0.1) is 17.7 Å². The van der Waals surface area contributed by atoms with Gasteiger partial charge in [-0.05, 0) is 45.9 Å². The van der Waals surface area contributed by atoms with Crippen LogP contribution in [0, 0.1) is 13.8 Å². The van der Waals surface area contributed by atoms with Crippen molar-refractivity contribution in [2.24, 2.45) is 0 Å². The van der Waals surface area contributed by atoms with Gasteiger partial charge >= 0.3 is 0 Å². The highest BCUT2D eigenvalue weighted by molar-refractivity contribution is 5.97. The molecule has 0 unspecified atom stereocenters. The van der Waals surface area contributed by atoms with Crippen molar-refractivity contribution in [3.63, 3.8) is 0 Å². The Balaban J connectivity index is 1.51. The van der Waals surface area contributed by atoms with E-state index in [0.29, 0.717) is 49.8 Å². The second kappa shape index (κ2) is 7.25. The normalized spacial score (nSPS) is 18.2. The van der Waals surface area contributed by atoms with Gasteiger partial charge in [-0.15, -0.1) is 0 Å². The summed E-state index contributed by atoms with van der Waals surface area (Å²) in [6.45, 7) is 10.0. The highest BCUT2D eigenvalue weighted by Gasteiger charge is 2.41. The number of ether oxygens (including phenoxy) is 1. The fourth-order valence-electron chi connectivity index (χ4n) is 4.70. The van der Waals surface area contributed by atoms with Gasteiger partial charge in [0, 0.05) is 43.4 Å². The number of para-hydroxylation sites is 1. The van der Waals surface area contributed by atoms with E-state index in [-0.39, 0.29) is 11.8 Å². The van der Waals surface area contributed by atoms with Gasteiger partial charge in [-0.25, -0.2) is 0 Å². The Hall–Kier alpha value is -2.76. The molecule has 2 aliphatic rings. The van der Waals surface area contributed by atoms with E-state index in [1.807, 2.05) is 36.1 Å². The molecule has 1 aromatic carbocycles. The smallest absolute Gasteiger partial charge is 0.255 e. The van der Waals surface area contributed by atoms with E-state index in [0.717, 1.165) is 17.0 Å². The van der Waals surface area contributed by atoms with Crippen LogP contribution in [0.15, 0.2) is 30.3 Å². The third kappa shape index (κ3) is 3.41. The highest BCUT2D eigenvalue weighted by Crippen LogP contribution is 2.33. The van der Waals surface area contributed by atoms with Gasteiger partial charge in [-0.1, -0.05) is 12.1 Å². The number of amides is 2. The minimum Gasteiger partial charge on any atom is -0.484 e. The van der Waals surface area contributed by atoms with Crippen LogP contribution in [0.25, 0.3) is 0 Å². The van der Waals surface area contributed by atoms with Gasteiger partial charge < -0.3 is 19.5 Å². The molecular weight excluding hydrogens is 366 g/mol. The molecule has 2 aromatic rings. The van der Waals surface area contributed by atoms with Crippen molar-refractivity contribution >= 4 is 11.8 Å². The van der Waals surface area contributed by atoms with E-state index in [2.05, 4.69) is 30.7 Å². The number of carbonyl (C=O) groups excluding carboxylic acids is 2. The van der Waals surface area contributed by atoms with Crippen LogP contribution in [0.5, 0.6) is 5.75 Å². The van der Waals surface area contributed by atoms with Crippen LogP contribution >= 0.6 is 0 Å². The van der Waals surface area contributed by atoms with Crippen LogP contribution in [0.4, 0.5) is 0 Å². The summed E-state index contributed by atoms with van der Waals surface area (Å²) in [6.07, 6.45) is 1.38. The Labute approximate surface area is 171 Å². The Kier molecular flexibility index (Phi) is 4.89. The standard InChI is InChI=1S/C23H29N3O3/c1-15(2)26-16(3)13-19(17(26)4)22(28)25-11-9-23(10-12-25)14-24-21(27)18-7-5-6-8-20(18)29-23/h5-8,13,15H,9-12,14H2,1-4H3,(H,24,27). The molecule has 1 spiro atoms. The number of piperidine rings is 1. The van der Waals surface area contributed by atoms with Crippen molar-refractivity contribution in [3.8, 4) is 5.75 Å². The van der Waals surface area contributed by atoms with Gasteiger partial charge in [-0.3, -0.25) is 9.59 Å². The van der Waals surface area contributed by atoms with E-state index in [1.165, 1.54) is 0 Å². The van der Waals surface area contributed by atoms with Crippen molar-refractivity contribution in [1.29, 1.82) is 0 Å². The second-order valence-corrected chi connectivity index (χ2v) is 8.50. The number of fused-ring (bicyclic) bond motifs is 1. The average molecular weight is 396 g/mol. The van der Waals surface area contributed by atoms with Crippen LogP contribution < -0.4 is 10.1 Å². The van der Waals surface area contributed by atoms with E-state index < -0.39 is 5.60 Å². The van der Waals surface area contributed by atoms with Crippen molar-refractivity contribution in [2.75, 3.05) is 19.6 Å². The lowest BCUT2D eigenvalue weighted by Crippen LogP contribution is -2.54. The molecule has 1 aromatic heterocycles. The summed E-state index contributed by atoms with van der Waals surface area (Å²) in [5, 5.41) is 3.00. The zero-order valence-corrected chi connectivity index (χ0v) is 17.6. The third-order valence-corrected chi connectivity index (χ3v) is 6.22. The molecule has 154 valence electrons. The fraction of sp³-hybridized carbons (Fsp3) is 0.478. The first-order valence-electron chi connectivity index (χ1n) is 10.4. The first kappa shape index (κ1) is 19.6. The monoisotopic (exact) mass is 395 g/mol. The largest absolute Gasteiger partial charge is 0.484 e. The van der Waals surface area contributed by atoms with Crippen molar-refractivity contribution in [2.45, 2.75) is 52.2 Å². The highest BCUT2D eigenvalue weighted by atomic mass is 16.5. The number of rotatable bonds is 2. The van der Waals surface area contributed by atoms with Crippen molar-refractivity contribution < 1.29 is 14.3 Å². The van der Waals surface area contributed by atoms with Gasteiger partial charge in [-0.2, -0.15) is 0 Å². The summed E-state index contributed by atoms with van der Waals surface area (Å²) in [7, 11) is 0.